The minimum Gasteiger partial charge on any atom is -0.508 e. The van der Waals surface area contributed by atoms with Gasteiger partial charge in [0.25, 0.3) is 0 Å². The second-order valence-corrected chi connectivity index (χ2v) is 25.4. The number of ether oxygens (including phenoxy) is 6. The molecule has 0 aliphatic carbocycles. The van der Waals surface area contributed by atoms with Gasteiger partial charge in [0.2, 0.25) is 0 Å². The third-order valence-corrected chi connectivity index (χ3v) is 11.1. The Bertz CT molecular complexity index is 1830. The number of nitrogens with zero attached hydrogens (tertiary/aromatic N) is 8. The van der Waals surface area contributed by atoms with Crippen LogP contribution in [0.15, 0.2) is 18.2 Å². The molecule has 0 aromatic heterocycles. The van der Waals surface area contributed by atoms with Crippen LogP contribution >= 0.6 is 0 Å². The summed E-state index contributed by atoms with van der Waals surface area (Å²) in [4.78, 5) is 95.6. The van der Waals surface area contributed by atoms with E-state index in [1.807, 2.05) is 6.07 Å². The molecule has 0 radical (unpaired) electrons. The molecule has 3 rings (SSSR count). The molecule has 21 nitrogen and oxygen atoms in total. The predicted octanol–water partition coefficient (Wildman–Crippen LogP) is 8.45. The second-order valence-electron chi connectivity index (χ2n) is 25.4. The van der Waals surface area contributed by atoms with Gasteiger partial charge in [-0.25, -0.2) is 28.8 Å². The molecule has 2 fully saturated rings. The molecule has 2 aliphatic heterocycles. The number of amides is 6. The molecule has 428 valence electrons. The van der Waals surface area contributed by atoms with Crippen LogP contribution in [0.4, 0.5) is 28.8 Å². The highest BCUT2D eigenvalue weighted by molar-refractivity contribution is 5.72. The quantitative estimate of drug-likeness (QED) is 0.281. The van der Waals surface area contributed by atoms with E-state index in [9.17, 15) is 33.9 Å². The number of phenolic OH excluding ortho intramolecular Hbond substituents is 1. The van der Waals surface area contributed by atoms with Crippen molar-refractivity contribution in [2.24, 2.45) is 0 Å². The van der Waals surface area contributed by atoms with E-state index in [4.69, 9.17) is 28.4 Å². The van der Waals surface area contributed by atoms with Crippen LogP contribution in [-0.4, -0.2) is 219 Å². The highest BCUT2D eigenvalue weighted by Gasteiger charge is 2.32. The summed E-state index contributed by atoms with van der Waals surface area (Å²) in [6.07, 6.45) is -3.31. The summed E-state index contributed by atoms with van der Waals surface area (Å²) in [5.74, 6) is 0.0206. The number of benzene rings is 1. The molecule has 2 aliphatic rings. The Labute approximate surface area is 447 Å². The summed E-state index contributed by atoms with van der Waals surface area (Å²) >= 11 is 0. The van der Waals surface area contributed by atoms with Gasteiger partial charge in [-0.2, -0.15) is 0 Å². The summed E-state index contributed by atoms with van der Waals surface area (Å²) in [5.41, 5.74) is -3.21. The largest absolute Gasteiger partial charge is 0.508 e. The number of hydrogen-bond donors (Lipinski definition) is 1. The molecule has 1 aromatic carbocycles. The third-order valence-electron chi connectivity index (χ3n) is 11.1. The third kappa shape index (κ3) is 25.8. The Balaban J connectivity index is 2.04. The fourth-order valence-corrected chi connectivity index (χ4v) is 7.72. The number of aromatic hydroxyl groups is 1. The average molecular weight is 1060 g/mol. The van der Waals surface area contributed by atoms with Gasteiger partial charge in [0.05, 0.1) is 0 Å². The molecule has 0 bridgehead atoms. The maximum Gasteiger partial charge on any atom is 0.410 e. The highest BCUT2D eigenvalue weighted by atomic mass is 16.6. The van der Waals surface area contributed by atoms with Crippen molar-refractivity contribution in [1.29, 1.82) is 0 Å². The van der Waals surface area contributed by atoms with Crippen molar-refractivity contribution >= 4 is 36.6 Å². The molecule has 2 heterocycles. The molecule has 0 spiro atoms. The topological polar surface area (TPSA) is 204 Å². The summed E-state index contributed by atoms with van der Waals surface area (Å²) in [5, 5.41) is 11.3. The number of hydrogen-bond acceptors (Lipinski definition) is 15. The zero-order valence-electron chi connectivity index (χ0n) is 48.9. The van der Waals surface area contributed by atoms with Crippen LogP contribution < -0.4 is 0 Å². The zero-order chi connectivity index (χ0) is 56.9. The smallest absolute Gasteiger partial charge is 0.410 e. The lowest BCUT2D eigenvalue weighted by Crippen LogP contribution is -2.51. The second kappa shape index (κ2) is 26.6. The summed E-state index contributed by atoms with van der Waals surface area (Å²) in [7, 11) is 0. The Morgan fingerprint density at radius 3 is 0.640 bits per heavy atom. The molecule has 0 unspecified atom stereocenters. The van der Waals surface area contributed by atoms with E-state index in [0.29, 0.717) is 39.3 Å². The van der Waals surface area contributed by atoms with Crippen molar-refractivity contribution in [1.82, 2.24) is 39.2 Å². The van der Waals surface area contributed by atoms with Gasteiger partial charge in [-0.1, -0.05) is 6.07 Å². The van der Waals surface area contributed by atoms with E-state index < -0.39 is 70.2 Å². The molecular weight excluding hydrogens is 969 g/mol. The van der Waals surface area contributed by atoms with Gasteiger partial charge < -0.3 is 62.9 Å². The number of carbonyl (C=O) groups is 6. The molecule has 21 heteroatoms. The number of carbonyl (C=O) groups excluding carboxylic acids is 6. The van der Waals surface area contributed by atoms with Crippen molar-refractivity contribution in [3.8, 4) is 5.75 Å². The van der Waals surface area contributed by atoms with E-state index in [0.717, 1.165) is 11.1 Å². The monoisotopic (exact) mass is 1060 g/mol. The lowest BCUT2D eigenvalue weighted by molar-refractivity contribution is 0.00436. The first-order valence-corrected chi connectivity index (χ1v) is 26.4. The first kappa shape index (κ1) is 63.8. The van der Waals surface area contributed by atoms with Crippen LogP contribution in [0.2, 0.25) is 0 Å². The Morgan fingerprint density at radius 1 is 0.320 bits per heavy atom. The van der Waals surface area contributed by atoms with Crippen LogP contribution in [0.25, 0.3) is 0 Å². The minimum absolute atomic E-state index is 0.0206. The van der Waals surface area contributed by atoms with Crippen molar-refractivity contribution in [3.05, 3.63) is 29.3 Å². The molecule has 0 saturated carbocycles. The van der Waals surface area contributed by atoms with E-state index in [1.165, 1.54) is 9.80 Å². The molecular formula is C54H94N8O13. The standard InChI is InChI=1S/C54H94N8O13/c1-49(2,3)70-43(64)57-23-19-55(20-24-58(44(65)71-50(4,5)6)28-32-61(31-27-57)47(68)74-53(13,14)15)38-40-35-41(37-42(63)36-40)39-56-21-25-59(45(66)72-51(7,8)9)29-33-62(48(69)75-54(16,17)18)34-30-60(26-22-56)46(67)73-52(10,11)12/h35-37,63H,19-34,38-39H2,1-18H3. The fraction of sp³-hybridized carbons (Fsp3) is 0.778. The lowest BCUT2D eigenvalue weighted by Gasteiger charge is -2.36. The molecule has 1 aromatic rings. The minimum atomic E-state index is -0.786. The van der Waals surface area contributed by atoms with E-state index in [2.05, 4.69) is 9.80 Å². The SMILES string of the molecule is CC(C)(C)OC(=O)N1CCN(Cc2cc(O)cc(CN3CCN(C(=O)OC(C)(C)C)CCN(C(=O)OC(C)(C)C)CCN(C(=O)OC(C)(C)C)CC3)c2)CCN(C(=O)OC(C)(C)C)CCN(C(=O)OC(C)(C)C)CC1. The molecule has 75 heavy (non-hydrogen) atoms. The Hall–Kier alpha value is -5.44. The first-order chi connectivity index (χ1) is 34.2. The first-order valence-electron chi connectivity index (χ1n) is 26.4. The Kier molecular flexibility index (Phi) is 22.6. The Morgan fingerprint density at radius 2 is 0.480 bits per heavy atom. The van der Waals surface area contributed by atoms with E-state index in [1.54, 1.807) is 156 Å². The summed E-state index contributed by atoms with van der Waals surface area (Å²) in [6, 6.07) is 5.34. The highest BCUT2D eigenvalue weighted by Crippen LogP contribution is 2.22. The van der Waals surface area contributed by atoms with Crippen LogP contribution in [0, 0.1) is 0 Å². The summed E-state index contributed by atoms with van der Waals surface area (Å²) < 4.78 is 34.8. The van der Waals surface area contributed by atoms with Gasteiger partial charge in [-0.05, 0) is 148 Å². The van der Waals surface area contributed by atoms with Gasteiger partial charge in [0.15, 0.2) is 0 Å². The van der Waals surface area contributed by atoms with Crippen molar-refractivity contribution in [2.75, 3.05) is 105 Å². The fourth-order valence-electron chi connectivity index (χ4n) is 7.72. The predicted molar refractivity (Wildman–Crippen MR) is 286 cm³/mol. The van der Waals surface area contributed by atoms with Crippen molar-refractivity contribution < 1.29 is 62.3 Å². The summed E-state index contributed by atoms with van der Waals surface area (Å²) in [6.45, 7) is 35.9. The van der Waals surface area contributed by atoms with Crippen molar-refractivity contribution in [3.63, 3.8) is 0 Å². The van der Waals surface area contributed by atoms with E-state index in [-0.39, 0.29) is 84.3 Å². The van der Waals surface area contributed by atoms with Crippen LogP contribution in [-0.2, 0) is 41.5 Å². The average Bonchev–Trinajstić information content (AvgIpc) is 3.18. The number of rotatable bonds is 4. The van der Waals surface area contributed by atoms with Gasteiger partial charge in [0.1, 0.15) is 39.4 Å². The molecule has 6 amide bonds. The molecule has 1 N–H and O–H groups in total. The zero-order valence-corrected chi connectivity index (χ0v) is 48.9. The lowest BCUT2D eigenvalue weighted by atomic mass is 10.1. The maximum atomic E-state index is 13.8. The van der Waals surface area contributed by atoms with Crippen LogP contribution in [0.3, 0.4) is 0 Å². The molecule has 2 saturated heterocycles. The van der Waals surface area contributed by atoms with Gasteiger partial charge in [0, 0.05) is 118 Å². The van der Waals surface area contributed by atoms with Gasteiger partial charge in [-0.3, -0.25) is 9.80 Å². The van der Waals surface area contributed by atoms with Crippen LogP contribution in [0.1, 0.15) is 136 Å². The van der Waals surface area contributed by atoms with Crippen molar-refractivity contribution in [2.45, 2.75) is 171 Å². The van der Waals surface area contributed by atoms with Gasteiger partial charge >= 0.3 is 36.6 Å². The van der Waals surface area contributed by atoms with Gasteiger partial charge in [-0.15, -0.1) is 0 Å². The molecule has 0 atom stereocenters. The normalized spacial score (nSPS) is 17.6. The van der Waals surface area contributed by atoms with Crippen LogP contribution in [0.5, 0.6) is 5.75 Å². The number of phenols is 1. The van der Waals surface area contributed by atoms with E-state index >= 15 is 0 Å². The maximum absolute atomic E-state index is 13.8.